The Balaban J connectivity index is 1.66. The van der Waals surface area contributed by atoms with Gasteiger partial charge in [0, 0.05) is 12.1 Å². The molecule has 1 nitrogen and oxygen atoms in total. The number of hydrogen-bond acceptors (Lipinski definition) is 1. The third-order valence-corrected chi connectivity index (χ3v) is 5.12. The first-order chi connectivity index (χ1) is 11.9. The molecule has 3 aromatic rings. The standard InChI is InChI=1S/C23H23N/c1-4-10-18(11-5-1)21-16-22(19-12-6-2-7-13-19)24-23(17-21)20-14-8-3-9-15-20/h1-15,21-24H,16-17H2. The summed E-state index contributed by atoms with van der Waals surface area (Å²) in [6.45, 7) is 0. The molecular formula is C23H23N. The molecule has 0 aromatic heterocycles. The van der Waals surface area contributed by atoms with Gasteiger partial charge in [-0.25, -0.2) is 0 Å². The average Bonchev–Trinajstić information content (AvgIpc) is 2.70. The Morgan fingerprint density at radius 2 is 0.875 bits per heavy atom. The lowest BCUT2D eigenvalue weighted by atomic mass is 9.79. The molecule has 1 saturated heterocycles. The van der Waals surface area contributed by atoms with Gasteiger partial charge in [0.05, 0.1) is 0 Å². The molecule has 1 aliphatic heterocycles. The fourth-order valence-corrected chi connectivity index (χ4v) is 3.88. The van der Waals surface area contributed by atoms with E-state index in [-0.39, 0.29) is 0 Å². The minimum absolute atomic E-state index is 0.398. The molecule has 0 amide bonds. The van der Waals surface area contributed by atoms with E-state index >= 15 is 0 Å². The van der Waals surface area contributed by atoms with Crippen LogP contribution in [-0.2, 0) is 0 Å². The fourth-order valence-electron chi connectivity index (χ4n) is 3.88. The largest absolute Gasteiger partial charge is 0.303 e. The van der Waals surface area contributed by atoms with Crippen molar-refractivity contribution in [1.29, 1.82) is 0 Å². The highest BCUT2D eigenvalue weighted by molar-refractivity contribution is 5.28. The number of benzene rings is 3. The minimum Gasteiger partial charge on any atom is -0.303 e. The Morgan fingerprint density at radius 3 is 1.29 bits per heavy atom. The van der Waals surface area contributed by atoms with Crippen molar-refractivity contribution in [3.8, 4) is 0 Å². The van der Waals surface area contributed by atoms with Crippen LogP contribution in [0.25, 0.3) is 0 Å². The first-order valence-corrected chi connectivity index (χ1v) is 8.81. The van der Waals surface area contributed by atoms with Crippen LogP contribution >= 0.6 is 0 Å². The second-order valence-corrected chi connectivity index (χ2v) is 6.67. The predicted octanol–water partition coefficient (Wildman–Crippen LogP) is 5.64. The van der Waals surface area contributed by atoms with Crippen molar-refractivity contribution < 1.29 is 0 Å². The Morgan fingerprint density at radius 1 is 0.500 bits per heavy atom. The number of rotatable bonds is 3. The van der Waals surface area contributed by atoms with Crippen molar-refractivity contribution in [3.05, 3.63) is 108 Å². The minimum atomic E-state index is 0.398. The second-order valence-electron chi connectivity index (χ2n) is 6.67. The fraction of sp³-hybridized carbons (Fsp3) is 0.217. The van der Waals surface area contributed by atoms with Gasteiger partial charge in [-0.2, -0.15) is 0 Å². The molecule has 4 rings (SSSR count). The smallest absolute Gasteiger partial charge is 0.0331 e. The molecule has 0 aliphatic carbocycles. The van der Waals surface area contributed by atoms with Crippen molar-refractivity contribution in [1.82, 2.24) is 5.32 Å². The Labute approximate surface area is 144 Å². The van der Waals surface area contributed by atoms with E-state index < -0.39 is 0 Å². The molecule has 1 heteroatoms. The molecule has 3 aromatic carbocycles. The Bertz CT molecular complexity index is 638. The van der Waals surface area contributed by atoms with E-state index in [4.69, 9.17) is 0 Å². The molecule has 120 valence electrons. The quantitative estimate of drug-likeness (QED) is 0.660. The average molecular weight is 313 g/mol. The molecule has 24 heavy (non-hydrogen) atoms. The van der Waals surface area contributed by atoms with Crippen molar-refractivity contribution in [2.75, 3.05) is 0 Å². The van der Waals surface area contributed by atoms with Crippen molar-refractivity contribution in [2.24, 2.45) is 0 Å². The van der Waals surface area contributed by atoms with Crippen LogP contribution in [0.15, 0.2) is 91.0 Å². The molecule has 1 fully saturated rings. The normalized spacial score (nSPS) is 23.8. The Kier molecular flexibility index (Phi) is 4.44. The highest BCUT2D eigenvalue weighted by Crippen LogP contribution is 2.41. The zero-order valence-corrected chi connectivity index (χ0v) is 13.8. The zero-order valence-electron chi connectivity index (χ0n) is 13.8. The van der Waals surface area contributed by atoms with Crippen molar-refractivity contribution >= 4 is 0 Å². The first kappa shape index (κ1) is 15.2. The lowest BCUT2D eigenvalue weighted by Gasteiger charge is -2.37. The lowest BCUT2D eigenvalue weighted by Crippen LogP contribution is -2.34. The lowest BCUT2D eigenvalue weighted by molar-refractivity contribution is 0.296. The van der Waals surface area contributed by atoms with Gasteiger partial charge in [-0.3, -0.25) is 0 Å². The Hall–Kier alpha value is -2.38. The molecule has 1 N–H and O–H groups in total. The summed E-state index contributed by atoms with van der Waals surface area (Å²) in [6.07, 6.45) is 2.30. The topological polar surface area (TPSA) is 12.0 Å². The zero-order chi connectivity index (χ0) is 16.2. The van der Waals surface area contributed by atoms with Gasteiger partial charge in [-0.15, -0.1) is 0 Å². The van der Waals surface area contributed by atoms with Crippen LogP contribution in [0.5, 0.6) is 0 Å². The van der Waals surface area contributed by atoms with Gasteiger partial charge >= 0.3 is 0 Å². The van der Waals surface area contributed by atoms with E-state index in [0.717, 1.165) is 12.8 Å². The molecule has 0 radical (unpaired) electrons. The maximum atomic E-state index is 3.89. The van der Waals surface area contributed by atoms with E-state index in [1.165, 1.54) is 16.7 Å². The summed E-state index contributed by atoms with van der Waals surface area (Å²) in [5.41, 5.74) is 4.24. The van der Waals surface area contributed by atoms with Crippen LogP contribution in [0.1, 0.15) is 47.5 Å². The van der Waals surface area contributed by atoms with E-state index in [9.17, 15) is 0 Å². The van der Waals surface area contributed by atoms with Crippen LogP contribution in [0.3, 0.4) is 0 Å². The van der Waals surface area contributed by atoms with E-state index in [1.54, 1.807) is 0 Å². The molecule has 2 atom stereocenters. The SMILES string of the molecule is c1ccc(C2CC(c3ccccc3)NC(c3ccccc3)C2)cc1. The summed E-state index contributed by atoms with van der Waals surface area (Å²) in [4.78, 5) is 0. The summed E-state index contributed by atoms with van der Waals surface area (Å²) < 4.78 is 0. The predicted molar refractivity (Wildman–Crippen MR) is 99.9 cm³/mol. The first-order valence-electron chi connectivity index (χ1n) is 8.81. The van der Waals surface area contributed by atoms with Gasteiger partial charge in [-0.05, 0) is 35.4 Å². The molecule has 1 aliphatic rings. The number of piperidine rings is 1. The second kappa shape index (κ2) is 7.02. The van der Waals surface area contributed by atoms with Crippen molar-refractivity contribution in [3.63, 3.8) is 0 Å². The summed E-state index contributed by atoms with van der Waals surface area (Å²) in [5.74, 6) is 0.586. The molecule has 2 unspecified atom stereocenters. The maximum Gasteiger partial charge on any atom is 0.0331 e. The summed E-state index contributed by atoms with van der Waals surface area (Å²) in [6, 6.07) is 33.5. The molecule has 0 bridgehead atoms. The van der Waals surface area contributed by atoms with Gasteiger partial charge in [0.1, 0.15) is 0 Å². The monoisotopic (exact) mass is 313 g/mol. The van der Waals surface area contributed by atoms with Crippen LogP contribution in [0.4, 0.5) is 0 Å². The van der Waals surface area contributed by atoms with Crippen LogP contribution in [-0.4, -0.2) is 0 Å². The van der Waals surface area contributed by atoms with Crippen LogP contribution < -0.4 is 5.32 Å². The van der Waals surface area contributed by atoms with E-state index in [1.807, 2.05) is 0 Å². The third-order valence-electron chi connectivity index (χ3n) is 5.12. The number of nitrogens with one attached hydrogen (secondary N) is 1. The summed E-state index contributed by atoms with van der Waals surface area (Å²) >= 11 is 0. The van der Waals surface area contributed by atoms with Crippen LogP contribution in [0, 0.1) is 0 Å². The number of hydrogen-bond donors (Lipinski definition) is 1. The molecule has 1 heterocycles. The highest BCUT2D eigenvalue weighted by atomic mass is 15.0. The maximum absolute atomic E-state index is 3.89. The van der Waals surface area contributed by atoms with Gasteiger partial charge < -0.3 is 5.32 Å². The third kappa shape index (κ3) is 3.27. The van der Waals surface area contributed by atoms with Gasteiger partial charge in [0.2, 0.25) is 0 Å². The van der Waals surface area contributed by atoms with E-state index in [0.29, 0.717) is 18.0 Å². The van der Waals surface area contributed by atoms with E-state index in [2.05, 4.69) is 96.3 Å². The van der Waals surface area contributed by atoms with Crippen molar-refractivity contribution in [2.45, 2.75) is 30.8 Å². The van der Waals surface area contributed by atoms with Gasteiger partial charge in [-0.1, -0.05) is 91.0 Å². The van der Waals surface area contributed by atoms with Gasteiger partial charge in [0.15, 0.2) is 0 Å². The van der Waals surface area contributed by atoms with Gasteiger partial charge in [0.25, 0.3) is 0 Å². The highest BCUT2D eigenvalue weighted by Gasteiger charge is 2.30. The summed E-state index contributed by atoms with van der Waals surface area (Å²) in [5, 5.41) is 3.89. The van der Waals surface area contributed by atoms with Crippen LogP contribution in [0.2, 0.25) is 0 Å². The molecular weight excluding hydrogens is 290 g/mol. The molecule has 0 saturated carbocycles. The summed E-state index contributed by atoms with van der Waals surface area (Å²) in [7, 11) is 0. The molecule has 0 spiro atoms.